The molecule has 15 rings (SSSR count). The van der Waals surface area contributed by atoms with E-state index in [1.54, 1.807) is 24.3 Å². The van der Waals surface area contributed by atoms with Gasteiger partial charge in [0.15, 0.2) is 5.58 Å². The molecular weight excluding hydrogens is 1060 g/mol. The lowest BCUT2D eigenvalue weighted by atomic mass is 9.67. The van der Waals surface area contributed by atoms with Gasteiger partial charge >= 0.3 is 0 Å². The summed E-state index contributed by atoms with van der Waals surface area (Å²) in [4.78, 5) is 2.32. The third kappa shape index (κ3) is 8.47. The van der Waals surface area contributed by atoms with E-state index >= 15 is 8.78 Å². The molecule has 12 aromatic carbocycles. The van der Waals surface area contributed by atoms with Crippen LogP contribution in [0.2, 0.25) is 0 Å². The zero-order chi connectivity index (χ0) is 57.9. The minimum atomic E-state index is -0.908. The molecule has 2 aliphatic rings. The number of hydrogen-bond donors (Lipinski definition) is 0. The van der Waals surface area contributed by atoms with Crippen LogP contribution >= 0.6 is 0 Å². The Bertz CT molecular complexity index is 4490. The van der Waals surface area contributed by atoms with Crippen LogP contribution in [0.3, 0.4) is 0 Å². The van der Waals surface area contributed by atoms with Gasteiger partial charge in [0, 0.05) is 22.1 Å². The van der Waals surface area contributed by atoms with Crippen LogP contribution in [0, 0.1) is 11.6 Å². The van der Waals surface area contributed by atoms with Crippen molar-refractivity contribution >= 4 is 51.2 Å². The molecule has 1 heterocycles. The first-order chi connectivity index (χ1) is 42.3. The fourth-order valence-corrected chi connectivity index (χ4v) is 13.6. The Morgan fingerprint density at radius 2 is 0.791 bits per heavy atom. The molecular formula is C80H55F2NO3. The zero-order valence-corrected chi connectivity index (χ0v) is 46.9. The van der Waals surface area contributed by atoms with Crippen molar-refractivity contribution in [3.05, 3.63) is 365 Å². The minimum Gasteiger partial charge on any atom is -0.489 e. The minimum absolute atomic E-state index is 0.315. The Balaban J connectivity index is 0.931. The average Bonchev–Trinajstić information content (AvgIpc) is 1.55. The molecule has 0 amide bonds. The molecule has 6 heteroatoms. The van der Waals surface area contributed by atoms with Gasteiger partial charge in [0.2, 0.25) is 0 Å². The second-order valence-electron chi connectivity index (χ2n) is 22.2. The summed E-state index contributed by atoms with van der Waals surface area (Å²) in [5.41, 5.74) is 18.9. The van der Waals surface area contributed by atoms with E-state index in [0.717, 1.165) is 140 Å². The molecule has 1 aromatic heterocycles. The summed E-state index contributed by atoms with van der Waals surface area (Å²) >= 11 is 0. The van der Waals surface area contributed by atoms with Crippen LogP contribution in [0.5, 0.6) is 11.5 Å². The van der Waals surface area contributed by atoms with Crippen molar-refractivity contribution in [2.75, 3.05) is 4.90 Å². The second kappa shape index (κ2) is 21.1. The van der Waals surface area contributed by atoms with Crippen molar-refractivity contribution in [1.29, 1.82) is 0 Å². The van der Waals surface area contributed by atoms with Crippen LogP contribution in [0.15, 0.2) is 291 Å². The summed E-state index contributed by atoms with van der Waals surface area (Å²) in [6.07, 6.45) is 3.67. The summed E-state index contributed by atoms with van der Waals surface area (Å²) in [7, 11) is 0. The van der Waals surface area contributed by atoms with Crippen LogP contribution in [0.25, 0.3) is 56.3 Å². The topological polar surface area (TPSA) is 34.8 Å². The standard InChI is InChI=1S/C80H55F2NO3/c1-3-52-20-24-54(25-21-52)50-84-64-42-32-58(33-43-64)79(56-28-36-60(81)37-29-56)72-16-8-5-12-66(72)68-46-40-62(48-74(68)79)83(76-18-11-15-71-70-14-7-10-19-77(70)86-78(71)76)63-41-47-69-67-13-6-9-17-73(67)80(75(69)49-63,57-30-38-61(82)39-31-57)59-34-44-65(45-35-59)85-51-55-26-22-53(4-2)23-27-55/h3-49H,1-2,50-51H2. The highest BCUT2D eigenvalue weighted by Gasteiger charge is 2.48. The molecule has 13 aromatic rings. The third-order valence-electron chi connectivity index (χ3n) is 17.6. The fourth-order valence-electron chi connectivity index (χ4n) is 13.6. The molecule has 4 nitrogen and oxygen atoms in total. The van der Waals surface area contributed by atoms with Crippen molar-refractivity contribution in [2.24, 2.45) is 0 Å². The highest BCUT2D eigenvalue weighted by molar-refractivity contribution is 6.10. The predicted molar refractivity (Wildman–Crippen MR) is 345 cm³/mol. The van der Waals surface area contributed by atoms with E-state index < -0.39 is 10.8 Å². The molecule has 2 aliphatic carbocycles. The first kappa shape index (κ1) is 52.0. The molecule has 412 valence electrons. The number of para-hydroxylation sites is 2. The van der Waals surface area contributed by atoms with Gasteiger partial charge in [-0.25, -0.2) is 8.78 Å². The third-order valence-corrected chi connectivity index (χ3v) is 17.6. The van der Waals surface area contributed by atoms with Crippen molar-refractivity contribution in [2.45, 2.75) is 24.0 Å². The van der Waals surface area contributed by atoms with E-state index in [2.05, 4.69) is 176 Å². The smallest absolute Gasteiger partial charge is 0.159 e. The molecule has 0 spiro atoms. The molecule has 0 bridgehead atoms. The highest BCUT2D eigenvalue weighted by Crippen LogP contribution is 2.60. The second-order valence-corrected chi connectivity index (χ2v) is 22.2. The lowest BCUT2D eigenvalue weighted by molar-refractivity contribution is 0.306. The van der Waals surface area contributed by atoms with Crippen molar-refractivity contribution in [1.82, 2.24) is 0 Å². The zero-order valence-electron chi connectivity index (χ0n) is 46.9. The van der Waals surface area contributed by atoms with E-state index in [4.69, 9.17) is 13.9 Å². The van der Waals surface area contributed by atoms with E-state index in [0.29, 0.717) is 13.2 Å². The first-order valence-electron chi connectivity index (χ1n) is 28.9. The van der Waals surface area contributed by atoms with Crippen LogP contribution in [0.4, 0.5) is 25.8 Å². The van der Waals surface area contributed by atoms with E-state index in [1.165, 1.54) is 0 Å². The maximum atomic E-state index is 15.3. The van der Waals surface area contributed by atoms with Crippen molar-refractivity contribution in [3.8, 4) is 33.8 Å². The number of ether oxygens (including phenoxy) is 2. The molecule has 2 unspecified atom stereocenters. The maximum absolute atomic E-state index is 15.3. The van der Waals surface area contributed by atoms with Gasteiger partial charge in [-0.2, -0.15) is 0 Å². The highest BCUT2D eigenvalue weighted by atomic mass is 19.1. The van der Waals surface area contributed by atoms with Gasteiger partial charge in [-0.1, -0.05) is 213 Å². The Morgan fingerprint density at radius 3 is 1.26 bits per heavy atom. The summed E-state index contributed by atoms with van der Waals surface area (Å²) in [6, 6.07) is 92.3. The molecule has 2 atom stereocenters. The van der Waals surface area contributed by atoms with E-state index in [-0.39, 0.29) is 11.6 Å². The number of benzene rings is 12. The van der Waals surface area contributed by atoms with Gasteiger partial charge in [0.25, 0.3) is 0 Å². The van der Waals surface area contributed by atoms with Crippen molar-refractivity contribution in [3.63, 3.8) is 0 Å². The van der Waals surface area contributed by atoms with E-state index in [1.807, 2.05) is 103 Å². The van der Waals surface area contributed by atoms with Gasteiger partial charge in [-0.05, 0) is 174 Å². The normalized spacial score (nSPS) is 15.4. The number of furan rings is 1. The largest absolute Gasteiger partial charge is 0.489 e. The van der Waals surface area contributed by atoms with Crippen LogP contribution < -0.4 is 14.4 Å². The predicted octanol–water partition coefficient (Wildman–Crippen LogP) is 20.5. The number of fused-ring (bicyclic) bond motifs is 9. The van der Waals surface area contributed by atoms with Gasteiger partial charge in [0.05, 0.1) is 16.5 Å². The number of halogens is 2. The molecule has 86 heavy (non-hydrogen) atoms. The van der Waals surface area contributed by atoms with Gasteiger partial charge < -0.3 is 18.8 Å². The number of hydrogen-bond acceptors (Lipinski definition) is 4. The monoisotopic (exact) mass is 1120 g/mol. The Kier molecular flexibility index (Phi) is 12.8. The fraction of sp³-hybridized carbons (Fsp3) is 0.0500. The van der Waals surface area contributed by atoms with Crippen LogP contribution in [-0.4, -0.2) is 0 Å². The molecule has 0 aliphatic heterocycles. The van der Waals surface area contributed by atoms with Crippen LogP contribution in [-0.2, 0) is 24.0 Å². The number of anilines is 3. The van der Waals surface area contributed by atoms with Gasteiger partial charge in [-0.3, -0.25) is 0 Å². The summed E-state index contributed by atoms with van der Waals surface area (Å²) in [6.45, 7) is 8.61. The quantitative estimate of drug-likeness (QED) is 0.102. The molecule has 0 saturated carbocycles. The summed E-state index contributed by atoms with van der Waals surface area (Å²) < 4.78 is 50.4. The Morgan fingerprint density at radius 1 is 0.384 bits per heavy atom. The van der Waals surface area contributed by atoms with Gasteiger partial charge in [-0.15, -0.1) is 0 Å². The lowest BCUT2D eigenvalue weighted by Crippen LogP contribution is -2.29. The number of rotatable bonds is 15. The maximum Gasteiger partial charge on any atom is 0.159 e. The Hall–Kier alpha value is -10.8. The molecule has 0 radical (unpaired) electrons. The SMILES string of the molecule is C=Cc1ccc(COc2ccc(C3(c4ccc(F)cc4)c4ccccc4-c4ccc(N(c5ccc6c(c5)C(c5ccc(F)cc5)(c5ccc(OCc7ccc(C=C)cc7)cc5)c5ccccc5-6)c5cccc6c5oc5ccccc56)cc43)cc2)cc1. The van der Waals surface area contributed by atoms with E-state index in [9.17, 15) is 0 Å². The Labute approximate surface area is 498 Å². The van der Waals surface area contributed by atoms with Gasteiger partial charge in [0.1, 0.15) is 41.9 Å². The lowest BCUT2D eigenvalue weighted by Gasteiger charge is -2.36. The van der Waals surface area contributed by atoms with Crippen molar-refractivity contribution < 1.29 is 22.7 Å². The molecule has 0 saturated heterocycles. The molecule has 0 fully saturated rings. The van der Waals surface area contributed by atoms with Crippen LogP contribution in [0.1, 0.15) is 66.8 Å². The summed E-state index contributed by atoms with van der Waals surface area (Å²) in [5.74, 6) is 0.827. The summed E-state index contributed by atoms with van der Waals surface area (Å²) in [5, 5.41) is 2.00. The number of nitrogens with zero attached hydrogens (tertiary/aromatic N) is 1. The average molecular weight is 1120 g/mol. The first-order valence-corrected chi connectivity index (χ1v) is 28.9. The molecule has 0 N–H and O–H groups in total.